The summed E-state index contributed by atoms with van der Waals surface area (Å²) in [5.74, 6) is 0. The summed E-state index contributed by atoms with van der Waals surface area (Å²) >= 11 is 0. The van der Waals surface area contributed by atoms with Crippen LogP contribution in [0.25, 0.3) is 0 Å². The van der Waals surface area contributed by atoms with Crippen molar-refractivity contribution in [2.45, 2.75) is 26.6 Å². The van der Waals surface area contributed by atoms with Crippen LogP contribution in [0.2, 0.25) is 0 Å². The van der Waals surface area contributed by atoms with Gasteiger partial charge in [-0.15, -0.1) is 0 Å². The maximum atomic E-state index is 5.52. The minimum atomic E-state index is -0.248. The van der Waals surface area contributed by atoms with Crippen LogP contribution < -0.4 is 5.73 Å². The molecule has 3 heteroatoms. The molecule has 0 atom stereocenters. The largest absolute Gasteiger partial charge is 0.349 e. The van der Waals surface area contributed by atoms with Crippen molar-refractivity contribution in [1.29, 1.82) is 0 Å². The second-order valence-electron chi connectivity index (χ2n) is 3.52. The Morgan fingerprint density at radius 1 is 1.06 bits per heavy atom. The molecule has 0 heterocycles. The number of rotatable bonds is 7. The molecule has 0 spiro atoms. The predicted octanol–water partition coefficient (Wildman–Crippen LogP) is 2.26. The zero-order chi connectivity index (χ0) is 11.8. The highest BCUT2D eigenvalue weighted by Crippen LogP contribution is 2.19. The highest BCUT2D eigenvalue weighted by atomic mass is 16.7. The zero-order valence-electron chi connectivity index (χ0n) is 10.1. The first kappa shape index (κ1) is 13.2. The van der Waals surface area contributed by atoms with E-state index in [0.29, 0.717) is 19.8 Å². The van der Waals surface area contributed by atoms with E-state index in [4.69, 9.17) is 15.2 Å². The van der Waals surface area contributed by atoms with Gasteiger partial charge in [0.25, 0.3) is 0 Å². The van der Waals surface area contributed by atoms with Gasteiger partial charge in [-0.25, -0.2) is 0 Å². The normalized spacial score (nSPS) is 11.0. The van der Waals surface area contributed by atoms with E-state index in [-0.39, 0.29) is 6.29 Å². The molecular formula is C13H21NO2. The van der Waals surface area contributed by atoms with Gasteiger partial charge in [-0.05, 0) is 32.4 Å². The van der Waals surface area contributed by atoms with Crippen molar-refractivity contribution in [2.75, 3.05) is 19.8 Å². The first-order chi connectivity index (χ1) is 7.81. The van der Waals surface area contributed by atoms with E-state index in [2.05, 4.69) is 12.1 Å². The third-order valence-electron chi connectivity index (χ3n) is 2.32. The number of benzene rings is 1. The topological polar surface area (TPSA) is 44.5 Å². The molecule has 90 valence electrons. The molecule has 3 nitrogen and oxygen atoms in total. The van der Waals surface area contributed by atoms with Crippen LogP contribution in [0.4, 0.5) is 0 Å². The van der Waals surface area contributed by atoms with Crippen molar-refractivity contribution < 1.29 is 9.47 Å². The van der Waals surface area contributed by atoms with Crippen LogP contribution in [0.1, 0.15) is 31.3 Å². The van der Waals surface area contributed by atoms with E-state index in [1.165, 1.54) is 5.56 Å². The summed E-state index contributed by atoms with van der Waals surface area (Å²) in [7, 11) is 0. The summed E-state index contributed by atoms with van der Waals surface area (Å²) < 4.78 is 11.0. The van der Waals surface area contributed by atoms with Gasteiger partial charge in [-0.2, -0.15) is 0 Å². The molecule has 2 N–H and O–H groups in total. The fraction of sp³-hybridized carbons (Fsp3) is 0.538. The van der Waals surface area contributed by atoms with Crippen LogP contribution in [0, 0.1) is 0 Å². The minimum Gasteiger partial charge on any atom is -0.349 e. The Morgan fingerprint density at radius 2 is 1.62 bits per heavy atom. The smallest absolute Gasteiger partial charge is 0.183 e. The fourth-order valence-electron chi connectivity index (χ4n) is 1.55. The van der Waals surface area contributed by atoms with E-state index in [1.807, 2.05) is 26.0 Å². The monoisotopic (exact) mass is 223 g/mol. The molecular weight excluding hydrogens is 202 g/mol. The first-order valence-electron chi connectivity index (χ1n) is 5.83. The van der Waals surface area contributed by atoms with E-state index in [9.17, 15) is 0 Å². The highest BCUT2D eigenvalue weighted by molar-refractivity contribution is 5.23. The van der Waals surface area contributed by atoms with E-state index >= 15 is 0 Å². The highest BCUT2D eigenvalue weighted by Gasteiger charge is 2.10. The Morgan fingerprint density at radius 3 is 2.06 bits per heavy atom. The number of hydrogen-bond donors (Lipinski definition) is 1. The van der Waals surface area contributed by atoms with Gasteiger partial charge in [-0.1, -0.05) is 24.3 Å². The maximum Gasteiger partial charge on any atom is 0.183 e. The minimum absolute atomic E-state index is 0.248. The average molecular weight is 223 g/mol. The predicted molar refractivity (Wildman–Crippen MR) is 65.2 cm³/mol. The molecule has 0 saturated carbocycles. The van der Waals surface area contributed by atoms with E-state index in [0.717, 1.165) is 12.0 Å². The van der Waals surface area contributed by atoms with Gasteiger partial charge >= 0.3 is 0 Å². The van der Waals surface area contributed by atoms with Crippen LogP contribution in [0.5, 0.6) is 0 Å². The SMILES string of the molecule is CCOC(OCC)c1ccc(CCN)cc1. The van der Waals surface area contributed by atoms with Crippen molar-refractivity contribution in [3.63, 3.8) is 0 Å². The third-order valence-corrected chi connectivity index (χ3v) is 2.32. The van der Waals surface area contributed by atoms with Crippen molar-refractivity contribution in [2.24, 2.45) is 5.73 Å². The van der Waals surface area contributed by atoms with Crippen molar-refractivity contribution in [3.05, 3.63) is 35.4 Å². The lowest BCUT2D eigenvalue weighted by Gasteiger charge is -2.17. The third kappa shape index (κ3) is 3.93. The summed E-state index contributed by atoms with van der Waals surface area (Å²) in [5.41, 5.74) is 7.81. The Labute approximate surface area is 97.6 Å². The van der Waals surface area contributed by atoms with Gasteiger partial charge in [0.2, 0.25) is 0 Å². The molecule has 0 aromatic heterocycles. The quantitative estimate of drug-likeness (QED) is 0.721. The van der Waals surface area contributed by atoms with Crippen LogP contribution in [0.3, 0.4) is 0 Å². The van der Waals surface area contributed by atoms with Crippen LogP contribution in [-0.4, -0.2) is 19.8 Å². The molecule has 0 aliphatic carbocycles. The van der Waals surface area contributed by atoms with Gasteiger partial charge in [0.15, 0.2) is 6.29 Å². The van der Waals surface area contributed by atoms with E-state index < -0.39 is 0 Å². The Bertz CT molecular complexity index is 278. The summed E-state index contributed by atoms with van der Waals surface area (Å²) in [6.45, 7) is 5.91. The zero-order valence-corrected chi connectivity index (χ0v) is 10.1. The Hall–Kier alpha value is -0.900. The molecule has 16 heavy (non-hydrogen) atoms. The van der Waals surface area contributed by atoms with Gasteiger partial charge in [-0.3, -0.25) is 0 Å². The summed E-state index contributed by atoms with van der Waals surface area (Å²) in [6, 6.07) is 8.24. The first-order valence-corrected chi connectivity index (χ1v) is 5.83. The number of hydrogen-bond acceptors (Lipinski definition) is 3. The lowest BCUT2D eigenvalue weighted by molar-refractivity contribution is -0.140. The Balaban J connectivity index is 2.68. The maximum absolute atomic E-state index is 5.52. The van der Waals surface area contributed by atoms with Crippen molar-refractivity contribution in [1.82, 2.24) is 0 Å². The molecule has 0 saturated heterocycles. The standard InChI is InChI=1S/C13H21NO2/c1-3-15-13(16-4-2)12-7-5-11(6-8-12)9-10-14/h5-8,13H,3-4,9-10,14H2,1-2H3. The molecule has 0 amide bonds. The molecule has 0 aliphatic rings. The van der Waals surface area contributed by atoms with Gasteiger partial charge < -0.3 is 15.2 Å². The second-order valence-corrected chi connectivity index (χ2v) is 3.52. The fourth-order valence-corrected chi connectivity index (χ4v) is 1.55. The van der Waals surface area contributed by atoms with Crippen LogP contribution in [0.15, 0.2) is 24.3 Å². The van der Waals surface area contributed by atoms with Gasteiger partial charge in [0, 0.05) is 18.8 Å². The molecule has 0 unspecified atom stereocenters. The number of nitrogens with two attached hydrogens (primary N) is 1. The number of ether oxygens (including phenoxy) is 2. The molecule has 0 fully saturated rings. The summed E-state index contributed by atoms with van der Waals surface area (Å²) in [5, 5.41) is 0. The average Bonchev–Trinajstić information content (AvgIpc) is 2.30. The Kier molecular flexibility index (Phi) is 6.08. The van der Waals surface area contributed by atoms with E-state index in [1.54, 1.807) is 0 Å². The van der Waals surface area contributed by atoms with Crippen LogP contribution in [-0.2, 0) is 15.9 Å². The molecule has 0 aliphatic heterocycles. The molecule has 1 aromatic carbocycles. The summed E-state index contributed by atoms with van der Waals surface area (Å²) in [4.78, 5) is 0. The molecule has 1 rings (SSSR count). The van der Waals surface area contributed by atoms with Crippen molar-refractivity contribution in [3.8, 4) is 0 Å². The molecule has 0 radical (unpaired) electrons. The molecule has 0 bridgehead atoms. The summed E-state index contributed by atoms with van der Waals surface area (Å²) in [6.07, 6.45) is 0.663. The van der Waals surface area contributed by atoms with Crippen molar-refractivity contribution >= 4 is 0 Å². The lowest BCUT2D eigenvalue weighted by atomic mass is 10.1. The van der Waals surface area contributed by atoms with Gasteiger partial charge in [0.1, 0.15) is 0 Å². The second kappa shape index (κ2) is 7.39. The van der Waals surface area contributed by atoms with Gasteiger partial charge in [0.05, 0.1) is 0 Å². The molecule has 1 aromatic rings. The van der Waals surface area contributed by atoms with Crippen LogP contribution >= 0.6 is 0 Å². The lowest BCUT2D eigenvalue weighted by Crippen LogP contribution is -2.09.